The molecule has 0 spiro atoms. The second-order valence-corrected chi connectivity index (χ2v) is 4.40. The first kappa shape index (κ1) is 12.8. The highest BCUT2D eigenvalue weighted by Gasteiger charge is 2.23. The van der Waals surface area contributed by atoms with E-state index < -0.39 is 0 Å². The Balaban J connectivity index is 3.36. The minimum Gasteiger partial charge on any atom is -0.496 e. The Hall–Kier alpha value is -1.22. The van der Waals surface area contributed by atoms with Crippen LogP contribution < -0.4 is 14.8 Å². The van der Waals surface area contributed by atoms with Crippen molar-refractivity contribution < 1.29 is 9.47 Å². The van der Waals surface area contributed by atoms with Crippen LogP contribution in [0.25, 0.3) is 0 Å². The molecule has 0 aromatic heterocycles. The number of aryl methyl sites for hydroxylation is 1. The van der Waals surface area contributed by atoms with E-state index in [2.05, 4.69) is 19.2 Å². The maximum Gasteiger partial charge on any atom is 0.124 e. The van der Waals surface area contributed by atoms with Crippen molar-refractivity contribution in [1.82, 2.24) is 5.32 Å². The molecule has 1 rings (SSSR count). The van der Waals surface area contributed by atoms with Crippen LogP contribution >= 0.6 is 0 Å². The van der Waals surface area contributed by atoms with E-state index in [0.29, 0.717) is 0 Å². The summed E-state index contributed by atoms with van der Waals surface area (Å²) in [5, 5.41) is 3.27. The number of rotatable bonds is 4. The molecule has 0 aliphatic heterocycles. The van der Waals surface area contributed by atoms with Crippen molar-refractivity contribution in [3.05, 3.63) is 23.3 Å². The highest BCUT2D eigenvalue weighted by molar-refractivity contribution is 5.48. The minimum absolute atomic E-state index is 0.147. The largest absolute Gasteiger partial charge is 0.496 e. The van der Waals surface area contributed by atoms with Gasteiger partial charge in [-0.15, -0.1) is 0 Å². The SMILES string of the molecule is CNC(C)(C)c1cc(OC)c(C)cc1OC. The van der Waals surface area contributed by atoms with Gasteiger partial charge >= 0.3 is 0 Å². The van der Waals surface area contributed by atoms with Crippen molar-refractivity contribution in [1.29, 1.82) is 0 Å². The molecule has 0 fully saturated rings. The van der Waals surface area contributed by atoms with E-state index >= 15 is 0 Å². The van der Waals surface area contributed by atoms with Gasteiger partial charge in [0.15, 0.2) is 0 Å². The van der Waals surface area contributed by atoms with E-state index in [0.717, 1.165) is 22.6 Å². The first-order valence-electron chi connectivity index (χ1n) is 5.38. The summed E-state index contributed by atoms with van der Waals surface area (Å²) >= 11 is 0. The molecule has 3 heteroatoms. The van der Waals surface area contributed by atoms with Crippen LogP contribution in [0.5, 0.6) is 11.5 Å². The summed E-state index contributed by atoms with van der Waals surface area (Å²) in [5.74, 6) is 1.77. The van der Waals surface area contributed by atoms with Crippen LogP contribution in [0.2, 0.25) is 0 Å². The second-order valence-electron chi connectivity index (χ2n) is 4.40. The highest BCUT2D eigenvalue weighted by atomic mass is 16.5. The molecule has 0 saturated carbocycles. The fraction of sp³-hybridized carbons (Fsp3) is 0.538. The lowest BCUT2D eigenvalue weighted by Crippen LogP contribution is -2.33. The molecule has 1 aromatic carbocycles. The number of hydrogen-bond acceptors (Lipinski definition) is 3. The van der Waals surface area contributed by atoms with Crippen LogP contribution in [-0.4, -0.2) is 21.3 Å². The lowest BCUT2D eigenvalue weighted by molar-refractivity contribution is 0.366. The number of methoxy groups -OCH3 is 2. The van der Waals surface area contributed by atoms with Gasteiger partial charge in [-0.1, -0.05) is 0 Å². The van der Waals surface area contributed by atoms with Gasteiger partial charge in [-0.2, -0.15) is 0 Å². The summed E-state index contributed by atoms with van der Waals surface area (Å²) in [6.07, 6.45) is 0. The molecule has 0 aliphatic rings. The molecule has 0 bridgehead atoms. The Morgan fingerprint density at radius 2 is 1.62 bits per heavy atom. The Bertz CT molecular complexity index is 372. The summed E-state index contributed by atoms with van der Waals surface area (Å²) in [6.45, 7) is 6.23. The van der Waals surface area contributed by atoms with Gasteiger partial charge in [0.1, 0.15) is 11.5 Å². The van der Waals surface area contributed by atoms with Gasteiger partial charge in [0, 0.05) is 11.1 Å². The maximum atomic E-state index is 5.42. The molecular formula is C13H21NO2. The summed E-state index contributed by atoms with van der Waals surface area (Å²) in [7, 11) is 5.31. The van der Waals surface area contributed by atoms with Crippen molar-refractivity contribution >= 4 is 0 Å². The van der Waals surface area contributed by atoms with Crippen molar-refractivity contribution in [2.24, 2.45) is 0 Å². The average Bonchev–Trinajstić information content (AvgIpc) is 2.28. The third-order valence-electron chi connectivity index (χ3n) is 3.02. The van der Waals surface area contributed by atoms with Crippen molar-refractivity contribution in [2.75, 3.05) is 21.3 Å². The minimum atomic E-state index is -0.147. The van der Waals surface area contributed by atoms with Gasteiger partial charge in [0.05, 0.1) is 14.2 Å². The first-order valence-corrected chi connectivity index (χ1v) is 5.38. The molecule has 16 heavy (non-hydrogen) atoms. The summed E-state index contributed by atoms with van der Waals surface area (Å²) < 4.78 is 10.8. The van der Waals surface area contributed by atoms with E-state index in [4.69, 9.17) is 9.47 Å². The first-order chi connectivity index (χ1) is 7.46. The predicted octanol–water partition coefficient (Wildman–Crippen LogP) is 2.47. The van der Waals surface area contributed by atoms with Gasteiger partial charge in [0.2, 0.25) is 0 Å². The molecule has 1 aromatic rings. The smallest absolute Gasteiger partial charge is 0.124 e. The van der Waals surface area contributed by atoms with Crippen LogP contribution in [0.3, 0.4) is 0 Å². The van der Waals surface area contributed by atoms with Crippen molar-refractivity contribution in [3.8, 4) is 11.5 Å². The molecule has 0 radical (unpaired) electrons. The Labute approximate surface area is 97.8 Å². The zero-order chi connectivity index (χ0) is 12.3. The van der Waals surface area contributed by atoms with Gasteiger partial charge in [-0.3, -0.25) is 0 Å². The van der Waals surface area contributed by atoms with E-state index in [1.165, 1.54) is 0 Å². The number of nitrogens with one attached hydrogen (secondary N) is 1. The fourth-order valence-electron chi connectivity index (χ4n) is 1.67. The van der Waals surface area contributed by atoms with Crippen LogP contribution in [0.1, 0.15) is 25.0 Å². The molecule has 0 unspecified atom stereocenters. The standard InChI is InChI=1S/C13H21NO2/c1-9-7-12(16-6)10(8-11(9)15-5)13(2,3)14-4/h7-8,14H,1-6H3. The molecule has 1 N–H and O–H groups in total. The Morgan fingerprint density at radius 3 is 2.06 bits per heavy atom. The lowest BCUT2D eigenvalue weighted by Gasteiger charge is -2.27. The quantitative estimate of drug-likeness (QED) is 0.850. The summed E-state index contributed by atoms with van der Waals surface area (Å²) in [5.41, 5.74) is 2.03. The van der Waals surface area contributed by atoms with Gasteiger partial charge in [-0.05, 0) is 45.5 Å². The zero-order valence-electron chi connectivity index (χ0n) is 11.0. The zero-order valence-corrected chi connectivity index (χ0v) is 11.0. The van der Waals surface area contributed by atoms with E-state index in [1.807, 2.05) is 26.1 Å². The van der Waals surface area contributed by atoms with Gasteiger partial charge in [-0.25, -0.2) is 0 Å². The lowest BCUT2D eigenvalue weighted by atomic mass is 9.92. The molecule has 0 atom stereocenters. The third-order valence-corrected chi connectivity index (χ3v) is 3.02. The molecule has 0 heterocycles. The van der Waals surface area contributed by atoms with Crippen LogP contribution in [-0.2, 0) is 5.54 Å². The summed E-state index contributed by atoms with van der Waals surface area (Å²) in [6, 6.07) is 4.04. The molecular weight excluding hydrogens is 202 g/mol. The molecule has 90 valence electrons. The average molecular weight is 223 g/mol. The molecule has 0 aliphatic carbocycles. The van der Waals surface area contributed by atoms with Crippen molar-refractivity contribution in [3.63, 3.8) is 0 Å². The molecule has 0 saturated heterocycles. The predicted molar refractivity (Wildman–Crippen MR) is 66.4 cm³/mol. The van der Waals surface area contributed by atoms with E-state index in [9.17, 15) is 0 Å². The fourth-order valence-corrected chi connectivity index (χ4v) is 1.67. The van der Waals surface area contributed by atoms with Crippen molar-refractivity contribution in [2.45, 2.75) is 26.3 Å². The number of ether oxygens (including phenoxy) is 2. The monoisotopic (exact) mass is 223 g/mol. The van der Waals surface area contributed by atoms with Crippen LogP contribution in [0.4, 0.5) is 0 Å². The third kappa shape index (κ3) is 2.30. The normalized spacial score (nSPS) is 11.4. The maximum absolute atomic E-state index is 5.42. The van der Waals surface area contributed by atoms with E-state index in [1.54, 1.807) is 14.2 Å². The van der Waals surface area contributed by atoms with Gasteiger partial charge < -0.3 is 14.8 Å². The summed E-state index contributed by atoms with van der Waals surface area (Å²) in [4.78, 5) is 0. The molecule has 3 nitrogen and oxygen atoms in total. The second kappa shape index (κ2) is 4.74. The highest BCUT2D eigenvalue weighted by Crippen LogP contribution is 2.34. The van der Waals surface area contributed by atoms with Crippen LogP contribution in [0.15, 0.2) is 12.1 Å². The van der Waals surface area contributed by atoms with Gasteiger partial charge in [0.25, 0.3) is 0 Å². The van der Waals surface area contributed by atoms with Crippen LogP contribution in [0, 0.1) is 6.92 Å². The van der Waals surface area contributed by atoms with E-state index in [-0.39, 0.29) is 5.54 Å². The Morgan fingerprint density at radius 1 is 1.06 bits per heavy atom. The molecule has 0 amide bonds. The number of hydrogen-bond donors (Lipinski definition) is 1. The number of benzene rings is 1. The topological polar surface area (TPSA) is 30.5 Å². The Kier molecular flexibility index (Phi) is 3.81.